The molecule has 0 rings (SSSR count). The first-order valence-electron chi connectivity index (χ1n) is 2.24. The van der Waals surface area contributed by atoms with Crippen molar-refractivity contribution < 1.29 is 28.7 Å². The second kappa shape index (κ2) is 3.80. The topological polar surface area (TPSA) is 96.2 Å². The van der Waals surface area contributed by atoms with Crippen molar-refractivity contribution in [2.45, 2.75) is 0 Å². The van der Waals surface area contributed by atoms with Gasteiger partial charge in [0, 0.05) is 0 Å². The van der Waals surface area contributed by atoms with E-state index in [2.05, 4.69) is 9.05 Å². The number of hydrogen-bond donors (Lipinski definition) is 3. The fraction of sp³-hybridized carbons (Fsp3) is 0.667. The monoisotopic (exact) mass is 171 g/mol. The van der Waals surface area contributed by atoms with E-state index in [1.54, 1.807) is 0 Å². The van der Waals surface area contributed by atoms with Crippen LogP contribution in [-0.4, -0.2) is 34.6 Å². The summed E-state index contributed by atoms with van der Waals surface area (Å²) in [6.07, 6.45) is 0. The van der Waals surface area contributed by atoms with E-state index in [1.807, 2.05) is 0 Å². The molecular weight excluding hydrogens is 163 g/mol. The van der Waals surface area contributed by atoms with Crippen molar-refractivity contribution in [2.75, 3.05) is 13.7 Å². The third-order valence-electron chi connectivity index (χ3n) is 0.594. The summed E-state index contributed by atoms with van der Waals surface area (Å²) in [7, 11) is -2.85. The van der Waals surface area contributed by atoms with E-state index in [9.17, 15) is 4.79 Å². The minimum atomic E-state index is -3.86. The predicted molar refractivity (Wildman–Crippen MR) is 32.0 cm³/mol. The maximum Gasteiger partial charge on any atom is 0.570 e. The van der Waals surface area contributed by atoms with Gasteiger partial charge in [0.2, 0.25) is 0 Å². The molecule has 3 N–H and O–H groups in total. The molecule has 60 valence electrons. The van der Waals surface area contributed by atoms with Gasteiger partial charge in [0.1, 0.15) is 0 Å². The summed E-state index contributed by atoms with van der Waals surface area (Å²) >= 11 is 0. The van der Waals surface area contributed by atoms with Gasteiger partial charge in [0.25, 0.3) is 0 Å². The van der Waals surface area contributed by atoms with E-state index in [4.69, 9.17) is 14.9 Å². The number of carboxylic acid groups (broad SMARTS) is 1. The number of aliphatic carboxylic acids is 1. The highest BCUT2D eigenvalue weighted by atomic mass is 31.2. The third kappa shape index (κ3) is 4.60. The molecule has 6 nitrogen and oxygen atoms in total. The van der Waals surface area contributed by atoms with Gasteiger partial charge in [0.05, 0.1) is 7.11 Å². The highest BCUT2D eigenvalue weighted by Gasteiger charge is 2.38. The van der Waals surface area contributed by atoms with Crippen molar-refractivity contribution in [1.82, 2.24) is 0 Å². The standard InChI is InChI=1S/C3H7O6P/c1-8-10(6,7)9-2-3(4)5/h6-7H,2H2,1H3/p+1. The second-order valence-corrected chi connectivity index (χ2v) is 2.94. The molecule has 0 aliphatic heterocycles. The van der Waals surface area contributed by atoms with Crippen LogP contribution >= 0.6 is 8.17 Å². The van der Waals surface area contributed by atoms with Crippen molar-refractivity contribution in [3.63, 3.8) is 0 Å². The zero-order chi connectivity index (χ0) is 8.20. The highest BCUT2D eigenvalue weighted by Crippen LogP contribution is 2.50. The van der Waals surface area contributed by atoms with E-state index >= 15 is 0 Å². The molecule has 0 saturated carbocycles. The number of carbonyl (C=O) groups is 1. The Morgan fingerprint density at radius 2 is 2.10 bits per heavy atom. The van der Waals surface area contributed by atoms with Gasteiger partial charge in [0.15, 0.2) is 6.61 Å². The van der Waals surface area contributed by atoms with Gasteiger partial charge in [-0.05, 0) is 0 Å². The molecule has 0 radical (unpaired) electrons. The smallest absolute Gasteiger partial charge is 0.479 e. The summed E-state index contributed by atoms with van der Waals surface area (Å²) in [6, 6.07) is 0. The molecule has 0 fully saturated rings. The summed E-state index contributed by atoms with van der Waals surface area (Å²) in [6.45, 7) is -0.783. The predicted octanol–water partition coefficient (Wildman–Crippen LogP) is -0.604. The molecule has 0 aromatic carbocycles. The van der Waals surface area contributed by atoms with Gasteiger partial charge in [-0.1, -0.05) is 0 Å². The van der Waals surface area contributed by atoms with Crippen LogP contribution in [0.25, 0.3) is 0 Å². The molecule has 0 unspecified atom stereocenters. The molecule has 0 aliphatic rings. The molecular formula is C3H8O6P+. The molecule has 0 spiro atoms. The van der Waals surface area contributed by atoms with E-state index in [0.29, 0.717) is 0 Å². The Morgan fingerprint density at radius 3 is 2.40 bits per heavy atom. The maximum absolute atomic E-state index is 9.78. The summed E-state index contributed by atoms with van der Waals surface area (Å²) in [5.74, 6) is -1.29. The minimum absolute atomic E-state index is 0.783. The van der Waals surface area contributed by atoms with E-state index in [1.165, 1.54) is 0 Å². The van der Waals surface area contributed by atoms with Gasteiger partial charge in [-0.2, -0.15) is 14.3 Å². The molecule has 0 aromatic rings. The molecule has 0 aromatic heterocycles. The van der Waals surface area contributed by atoms with Crippen LogP contribution in [0.5, 0.6) is 0 Å². The molecule has 0 amide bonds. The Bertz CT molecular complexity index is 122. The summed E-state index contributed by atoms with van der Waals surface area (Å²) < 4.78 is 8.07. The van der Waals surface area contributed by atoms with Crippen LogP contribution in [0.4, 0.5) is 0 Å². The van der Waals surface area contributed by atoms with E-state index in [0.717, 1.165) is 7.11 Å². The van der Waals surface area contributed by atoms with Crippen molar-refractivity contribution in [3.05, 3.63) is 0 Å². The summed E-state index contributed by atoms with van der Waals surface area (Å²) in [4.78, 5) is 26.8. The Kier molecular flexibility index (Phi) is 3.70. The van der Waals surface area contributed by atoms with Crippen LogP contribution in [0.3, 0.4) is 0 Å². The van der Waals surface area contributed by atoms with Gasteiger partial charge in [-0.15, -0.1) is 4.52 Å². The summed E-state index contributed by atoms with van der Waals surface area (Å²) in [5.41, 5.74) is 0. The van der Waals surface area contributed by atoms with Crippen molar-refractivity contribution in [2.24, 2.45) is 0 Å². The van der Waals surface area contributed by atoms with Crippen LogP contribution in [0.1, 0.15) is 0 Å². The Balaban J connectivity index is 3.56. The van der Waals surface area contributed by atoms with Crippen LogP contribution in [-0.2, 0) is 13.8 Å². The lowest BCUT2D eigenvalue weighted by molar-refractivity contribution is -0.140. The van der Waals surface area contributed by atoms with Crippen LogP contribution in [0.2, 0.25) is 0 Å². The minimum Gasteiger partial charge on any atom is -0.479 e. The molecule has 0 atom stereocenters. The SMILES string of the molecule is CO[P+](O)(O)OCC(=O)O. The van der Waals surface area contributed by atoms with Gasteiger partial charge >= 0.3 is 14.1 Å². The van der Waals surface area contributed by atoms with Gasteiger partial charge in [-0.3, -0.25) is 0 Å². The Hall–Kier alpha value is -0.260. The normalized spacial score (nSPS) is 11.5. The zero-order valence-corrected chi connectivity index (χ0v) is 6.12. The molecule has 0 aliphatic carbocycles. The van der Waals surface area contributed by atoms with Crippen LogP contribution in [0.15, 0.2) is 0 Å². The number of rotatable bonds is 4. The molecule has 10 heavy (non-hydrogen) atoms. The Labute approximate surface area is 57.7 Å². The highest BCUT2D eigenvalue weighted by molar-refractivity contribution is 7.54. The lowest BCUT2D eigenvalue weighted by Crippen LogP contribution is -2.08. The molecule has 0 heterocycles. The quantitative estimate of drug-likeness (QED) is 0.488. The molecule has 0 bridgehead atoms. The first-order chi connectivity index (χ1) is 4.48. The Morgan fingerprint density at radius 1 is 1.60 bits per heavy atom. The fourth-order valence-corrected chi connectivity index (χ4v) is 0.576. The second-order valence-electron chi connectivity index (χ2n) is 1.34. The molecule has 0 saturated heterocycles. The zero-order valence-electron chi connectivity index (χ0n) is 5.22. The lowest BCUT2D eigenvalue weighted by atomic mass is 10.8. The largest absolute Gasteiger partial charge is 0.570 e. The van der Waals surface area contributed by atoms with Crippen molar-refractivity contribution >= 4 is 14.1 Å². The first kappa shape index (κ1) is 9.74. The van der Waals surface area contributed by atoms with E-state index < -0.39 is 20.7 Å². The van der Waals surface area contributed by atoms with Crippen molar-refractivity contribution in [1.29, 1.82) is 0 Å². The first-order valence-corrected chi connectivity index (χ1v) is 3.77. The summed E-state index contributed by atoms with van der Waals surface area (Å²) in [5, 5.41) is 7.99. The van der Waals surface area contributed by atoms with E-state index in [-0.39, 0.29) is 0 Å². The van der Waals surface area contributed by atoms with Gasteiger partial charge < -0.3 is 5.11 Å². The molecule has 7 heteroatoms. The van der Waals surface area contributed by atoms with Crippen LogP contribution < -0.4 is 0 Å². The maximum atomic E-state index is 9.78. The number of hydrogen-bond acceptors (Lipinski definition) is 5. The lowest BCUT2D eigenvalue weighted by Gasteiger charge is -2.03. The van der Waals surface area contributed by atoms with Crippen molar-refractivity contribution in [3.8, 4) is 0 Å². The van der Waals surface area contributed by atoms with Crippen LogP contribution in [0, 0.1) is 0 Å². The van der Waals surface area contributed by atoms with Gasteiger partial charge in [-0.25, -0.2) is 4.79 Å². The fourth-order valence-electron chi connectivity index (χ4n) is 0.192. The average molecular weight is 171 g/mol. The average Bonchev–Trinajstić information content (AvgIpc) is 1.85. The number of carboxylic acids is 1. The third-order valence-corrected chi connectivity index (χ3v) is 1.54.